The Kier molecular flexibility index (Phi) is 5.47. The summed E-state index contributed by atoms with van der Waals surface area (Å²) in [5.41, 5.74) is -0.211. The topological polar surface area (TPSA) is 80.1 Å². The number of piperazine rings is 1. The highest BCUT2D eigenvalue weighted by Crippen LogP contribution is 2.20. The molecule has 0 N–H and O–H groups in total. The monoisotopic (exact) mass is 410 g/mol. The average molecular weight is 410 g/mol. The molecule has 4 rings (SSSR count). The SMILES string of the molecule is O=C(OCC(=O)N1CCN(c2ccccc2F)CC1)c1cc2ccccc2oc1=O. The molecule has 8 heteroatoms. The molecule has 0 atom stereocenters. The average Bonchev–Trinajstić information content (AvgIpc) is 2.77. The van der Waals surface area contributed by atoms with Gasteiger partial charge in [-0.15, -0.1) is 0 Å². The summed E-state index contributed by atoms with van der Waals surface area (Å²) in [5, 5.41) is 0.583. The largest absolute Gasteiger partial charge is 0.452 e. The molecule has 0 radical (unpaired) electrons. The first-order valence-corrected chi connectivity index (χ1v) is 9.50. The molecule has 0 unspecified atom stereocenters. The van der Waals surface area contributed by atoms with Gasteiger partial charge in [-0.25, -0.2) is 14.0 Å². The first kappa shape index (κ1) is 19.6. The predicted octanol–water partition coefficient (Wildman–Crippen LogP) is 2.44. The van der Waals surface area contributed by atoms with E-state index in [1.54, 1.807) is 47.4 Å². The molecule has 7 nitrogen and oxygen atoms in total. The van der Waals surface area contributed by atoms with Gasteiger partial charge in [0.15, 0.2) is 6.61 Å². The quantitative estimate of drug-likeness (QED) is 0.486. The van der Waals surface area contributed by atoms with Gasteiger partial charge >= 0.3 is 11.6 Å². The summed E-state index contributed by atoms with van der Waals surface area (Å²) in [5.74, 6) is -1.59. The van der Waals surface area contributed by atoms with Crippen molar-refractivity contribution in [1.29, 1.82) is 0 Å². The van der Waals surface area contributed by atoms with Crippen molar-refractivity contribution in [2.24, 2.45) is 0 Å². The summed E-state index contributed by atoms with van der Waals surface area (Å²) in [6, 6.07) is 14.7. The smallest absolute Gasteiger partial charge is 0.351 e. The van der Waals surface area contributed by atoms with Crippen LogP contribution in [0.3, 0.4) is 0 Å². The third-order valence-electron chi connectivity index (χ3n) is 5.01. The molecule has 2 aromatic carbocycles. The maximum atomic E-state index is 13.9. The van der Waals surface area contributed by atoms with Gasteiger partial charge < -0.3 is 19.0 Å². The predicted molar refractivity (Wildman–Crippen MR) is 108 cm³/mol. The van der Waals surface area contributed by atoms with E-state index in [-0.39, 0.29) is 17.3 Å². The number of rotatable bonds is 4. The first-order chi connectivity index (χ1) is 14.5. The van der Waals surface area contributed by atoms with Gasteiger partial charge in [0.05, 0.1) is 5.69 Å². The van der Waals surface area contributed by atoms with Gasteiger partial charge in [-0.2, -0.15) is 0 Å². The molecule has 1 aromatic heterocycles. The molecule has 1 aliphatic heterocycles. The van der Waals surface area contributed by atoms with Gasteiger partial charge in [-0.1, -0.05) is 30.3 Å². The Morgan fingerprint density at radius 2 is 1.70 bits per heavy atom. The van der Waals surface area contributed by atoms with Crippen LogP contribution < -0.4 is 10.5 Å². The zero-order valence-electron chi connectivity index (χ0n) is 16.0. The molecular weight excluding hydrogens is 391 g/mol. The molecule has 1 saturated heterocycles. The Bertz CT molecular complexity index is 1150. The van der Waals surface area contributed by atoms with Crippen molar-refractivity contribution in [3.8, 4) is 0 Å². The number of halogens is 1. The third kappa shape index (κ3) is 4.03. The summed E-state index contributed by atoms with van der Waals surface area (Å²) in [4.78, 5) is 40.1. The minimum atomic E-state index is -0.909. The van der Waals surface area contributed by atoms with E-state index in [0.717, 1.165) is 0 Å². The van der Waals surface area contributed by atoms with Crippen molar-refractivity contribution in [3.63, 3.8) is 0 Å². The first-order valence-electron chi connectivity index (χ1n) is 9.50. The number of ether oxygens (including phenoxy) is 1. The highest BCUT2D eigenvalue weighted by molar-refractivity contribution is 5.94. The van der Waals surface area contributed by atoms with Crippen molar-refractivity contribution in [3.05, 3.63) is 76.4 Å². The number of hydrogen-bond donors (Lipinski definition) is 0. The number of anilines is 1. The number of nitrogens with zero attached hydrogens (tertiary/aromatic N) is 2. The lowest BCUT2D eigenvalue weighted by Gasteiger charge is -2.36. The van der Waals surface area contributed by atoms with Crippen LogP contribution in [-0.4, -0.2) is 49.6 Å². The fourth-order valence-electron chi connectivity index (χ4n) is 3.41. The number of para-hydroxylation sites is 2. The highest BCUT2D eigenvalue weighted by atomic mass is 19.1. The van der Waals surface area contributed by atoms with Crippen LogP contribution in [0, 0.1) is 5.82 Å². The van der Waals surface area contributed by atoms with Gasteiger partial charge in [0.2, 0.25) is 0 Å². The van der Waals surface area contributed by atoms with Gasteiger partial charge in [0.25, 0.3) is 5.91 Å². The Hall–Kier alpha value is -3.68. The number of esters is 1. The third-order valence-corrected chi connectivity index (χ3v) is 5.01. The molecule has 30 heavy (non-hydrogen) atoms. The van der Waals surface area contributed by atoms with Crippen LogP contribution in [-0.2, 0) is 9.53 Å². The molecule has 1 fully saturated rings. The van der Waals surface area contributed by atoms with Crippen molar-refractivity contribution in [1.82, 2.24) is 4.90 Å². The van der Waals surface area contributed by atoms with Crippen LogP contribution in [0.2, 0.25) is 0 Å². The molecule has 1 aliphatic rings. The molecule has 2 heterocycles. The highest BCUT2D eigenvalue weighted by Gasteiger charge is 2.24. The number of amides is 1. The van der Waals surface area contributed by atoms with Crippen LogP contribution in [0.4, 0.5) is 10.1 Å². The fourth-order valence-corrected chi connectivity index (χ4v) is 3.41. The van der Waals surface area contributed by atoms with E-state index in [9.17, 15) is 18.8 Å². The van der Waals surface area contributed by atoms with E-state index in [2.05, 4.69) is 0 Å². The summed E-state index contributed by atoms with van der Waals surface area (Å²) in [6.07, 6.45) is 0. The lowest BCUT2D eigenvalue weighted by atomic mass is 10.2. The van der Waals surface area contributed by atoms with Crippen LogP contribution in [0.25, 0.3) is 11.0 Å². The number of carbonyl (C=O) groups excluding carboxylic acids is 2. The zero-order chi connectivity index (χ0) is 21.1. The summed E-state index contributed by atoms with van der Waals surface area (Å²) in [7, 11) is 0. The minimum Gasteiger partial charge on any atom is -0.452 e. The van der Waals surface area contributed by atoms with E-state index < -0.39 is 18.2 Å². The minimum absolute atomic E-state index is 0.258. The van der Waals surface area contributed by atoms with E-state index in [4.69, 9.17) is 9.15 Å². The fraction of sp³-hybridized carbons (Fsp3) is 0.227. The Labute approximate surface area is 171 Å². The maximum Gasteiger partial charge on any atom is 0.351 e. The summed E-state index contributed by atoms with van der Waals surface area (Å²) >= 11 is 0. The molecule has 1 amide bonds. The van der Waals surface area contributed by atoms with Crippen molar-refractivity contribution in [2.45, 2.75) is 0 Å². The van der Waals surface area contributed by atoms with Gasteiger partial charge in [0.1, 0.15) is 17.0 Å². The molecule has 0 spiro atoms. The van der Waals surface area contributed by atoms with Crippen molar-refractivity contribution in [2.75, 3.05) is 37.7 Å². The zero-order valence-corrected chi connectivity index (χ0v) is 16.0. The number of hydrogen-bond acceptors (Lipinski definition) is 6. The maximum absolute atomic E-state index is 13.9. The number of benzene rings is 2. The standard InChI is InChI=1S/C22H19FN2O5/c23-17-6-2-3-7-18(17)24-9-11-25(12-10-24)20(26)14-29-21(27)16-13-15-5-1-4-8-19(15)30-22(16)28/h1-8,13H,9-12,14H2. The molecule has 154 valence electrons. The van der Waals surface area contributed by atoms with Crippen molar-refractivity contribution >= 4 is 28.5 Å². The second kappa shape index (κ2) is 8.36. The van der Waals surface area contributed by atoms with Crippen LogP contribution >= 0.6 is 0 Å². The molecule has 0 saturated carbocycles. The molecule has 0 bridgehead atoms. The van der Waals surface area contributed by atoms with E-state index in [1.165, 1.54) is 12.1 Å². The second-order valence-corrected chi connectivity index (χ2v) is 6.88. The van der Waals surface area contributed by atoms with Crippen LogP contribution in [0.5, 0.6) is 0 Å². The molecular formula is C22H19FN2O5. The summed E-state index contributed by atoms with van der Waals surface area (Å²) < 4.78 is 24.1. The van der Waals surface area contributed by atoms with Gasteiger partial charge in [-0.05, 0) is 24.3 Å². The molecule has 0 aliphatic carbocycles. The second-order valence-electron chi connectivity index (χ2n) is 6.88. The number of fused-ring (bicyclic) bond motifs is 1. The lowest BCUT2D eigenvalue weighted by Crippen LogP contribution is -2.50. The van der Waals surface area contributed by atoms with Crippen LogP contribution in [0.15, 0.2) is 63.8 Å². The lowest BCUT2D eigenvalue weighted by molar-refractivity contribution is -0.134. The Morgan fingerprint density at radius 3 is 2.47 bits per heavy atom. The van der Waals surface area contributed by atoms with Gasteiger partial charge in [0, 0.05) is 31.6 Å². The van der Waals surface area contributed by atoms with E-state index in [1.807, 2.05) is 4.90 Å². The van der Waals surface area contributed by atoms with E-state index in [0.29, 0.717) is 42.8 Å². The van der Waals surface area contributed by atoms with Crippen molar-refractivity contribution < 1.29 is 23.1 Å². The number of carbonyl (C=O) groups is 2. The van der Waals surface area contributed by atoms with Gasteiger partial charge in [-0.3, -0.25) is 4.79 Å². The van der Waals surface area contributed by atoms with Crippen LogP contribution in [0.1, 0.15) is 10.4 Å². The molecule has 3 aromatic rings. The Balaban J connectivity index is 1.34. The summed E-state index contributed by atoms with van der Waals surface area (Å²) in [6.45, 7) is 1.21. The normalized spacial score (nSPS) is 14.0. The Morgan fingerprint density at radius 1 is 1.00 bits per heavy atom. The van der Waals surface area contributed by atoms with E-state index >= 15 is 0 Å².